The van der Waals surface area contributed by atoms with Crippen molar-refractivity contribution in [3.63, 3.8) is 0 Å². The zero-order chi connectivity index (χ0) is 16.9. The SMILES string of the molecule is CC(C)(C)NC(=O)C1CSCN1C(=O)CCCc1ccccn1. The van der Waals surface area contributed by atoms with Crippen LogP contribution in [0.4, 0.5) is 0 Å². The number of rotatable bonds is 5. The minimum Gasteiger partial charge on any atom is -0.350 e. The van der Waals surface area contributed by atoms with Crippen LogP contribution in [0.25, 0.3) is 0 Å². The molecule has 0 saturated carbocycles. The molecule has 23 heavy (non-hydrogen) atoms. The number of nitrogens with zero attached hydrogens (tertiary/aromatic N) is 2. The zero-order valence-electron chi connectivity index (χ0n) is 14.0. The lowest BCUT2D eigenvalue weighted by Gasteiger charge is -2.27. The van der Waals surface area contributed by atoms with Crippen molar-refractivity contribution in [3.05, 3.63) is 30.1 Å². The minimum absolute atomic E-state index is 0.0550. The van der Waals surface area contributed by atoms with E-state index in [0.29, 0.717) is 18.1 Å². The van der Waals surface area contributed by atoms with Crippen LogP contribution >= 0.6 is 11.8 Å². The van der Waals surface area contributed by atoms with Crippen molar-refractivity contribution in [2.24, 2.45) is 0 Å². The molecule has 126 valence electrons. The molecule has 1 aliphatic rings. The fraction of sp³-hybridized carbons (Fsp3) is 0.588. The Morgan fingerprint density at radius 1 is 1.39 bits per heavy atom. The molecule has 2 rings (SSSR count). The summed E-state index contributed by atoms with van der Waals surface area (Å²) in [5, 5.41) is 2.97. The lowest BCUT2D eigenvalue weighted by atomic mass is 10.1. The van der Waals surface area contributed by atoms with E-state index < -0.39 is 0 Å². The number of hydrogen-bond donors (Lipinski definition) is 1. The minimum atomic E-state index is -0.346. The van der Waals surface area contributed by atoms with Crippen molar-refractivity contribution in [2.45, 2.75) is 51.6 Å². The molecule has 0 radical (unpaired) electrons. The molecule has 0 spiro atoms. The van der Waals surface area contributed by atoms with Crippen molar-refractivity contribution in [2.75, 3.05) is 11.6 Å². The Morgan fingerprint density at radius 2 is 2.17 bits per heavy atom. The van der Waals surface area contributed by atoms with E-state index in [-0.39, 0.29) is 23.4 Å². The quantitative estimate of drug-likeness (QED) is 0.896. The Balaban J connectivity index is 1.84. The van der Waals surface area contributed by atoms with Crippen LogP contribution in [0.3, 0.4) is 0 Å². The standard InChI is InChI=1S/C17H25N3O2S/c1-17(2,3)19-16(22)14-11-23-12-20(14)15(21)9-6-8-13-7-4-5-10-18-13/h4-5,7,10,14H,6,8-9,11-12H2,1-3H3,(H,19,22). The van der Waals surface area contributed by atoms with Gasteiger partial charge in [-0.1, -0.05) is 6.07 Å². The summed E-state index contributed by atoms with van der Waals surface area (Å²) in [6.45, 7) is 5.85. The van der Waals surface area contributed by atoms with Crippen LogP contribution in [-0.2, 0) is 16.0 Å². The van der Waals surface area contributed by atoms with Crippen LogP contribution in [0.5, 0.6) is 0 Å². The van der Waals surface area contributed by atoms with Crippen molar-refractivity contribution < 1.29 is 9.59 Å². The Bertz CT molecular complexity index is 543. The first kappa shape index (κ1) is 17.8. The van der Waals surface area contributed by atoms with Gasteiger partial charge >= 0.3 is 0 Å². The molecule has 1 aliphatic heterocycles. The first-order valence-corrected chi connectivity index (χ1v) is 9.11. The third kappa shape index (κ3) is 5.53. The third-order valence-corrected chi connectivity index (χ3v) is 4.57. The molecule has 1 unspecified atom stereocenters. The maximum absolute atomic E-state index is 12.4. The number of nitrogens with one attached hydrogen (secondary N) is 1. The zero-order valence-corrected chi connectivity index (χ0v) is 14.9. The number of thioether (sulfide) groups is 1. The molecule has 0 bridgehead atoms. The molecular weight excluding hydrogens is 310 g/mol. The van der Waals surface area contributed by atoms with Gasteiger partial charge in [-0.25, -0.2) is 0 Å². The van der Waals surface area contributed by atoms with Gasteiger partial charge in [0.1, 0.15) is 6.04 Å². The Kier molecular flexibility index (Phi) is 6.04. The molecule has 1 aromatic rings. The van der Waals surface area contributed by atoms with Crippen LogP contribution in [0.15, 0.2) is 24.4 Å². The summed E-state index contributed by atoms with van der Waals surface area (Å²) in [7, 11) is 0. The van der Waals surface area contributed by atoms with Gasteiger partial charge in [0, 0.05) is 29.6 Å². The van der Waals surface area contributed by atoms with Crippen molar-refractivity contribution in [1.29, 1.82) is 0 Å². The van der Waals surface area contributed by atoms with E-state index in [1.165, 1.54) is 0 Å². The van der Waals surface area contributed by atoms with E-state index in [1.807, 2.05) is 39.0 Å². The molecule has 1 fully saturated rings. The highest BCUT2D eigenvalue weighted by Gasteiger charge is 2.35. The monoisotopic (exact) mass is 335 g/mol. The normalized spacial score (nSPS) is 18.0. The van der Waals surface area contributed by atoms with Crippen LogP contribution in [-0.4, -0.2) is 44.9 Å². The predicted octanol–water partition coefficient (Wildman–Crippen LogP) is 2.22. The molecule has 1 saturated heterocycles. The van der Waals surface area contributed by atoms with E-state index in [9.17, 15) is 9.59 Å². The van der Waals surface area contributed by atoms with Crippen molar-refractivity contribution >= 4 is 23.6 Å². The van der Waals surface area contributed by atoms with Gasteiger partial charge in [0.2, 0.25) is 11.8 Å². The molecule has 6 heteroatoms. The molecule has 0 aliphatic carbocycles. The predicted molar refractivity (Wildman–Crippen MR) is 93.0 cm³/mol. The van der Waals surface area contributed by atoms with Gasteiger partial charge in [-0.3, -0.25) is 14.6 Å². The average Bonchev–Trinajstić information content (AvgIpc) is 2.96. The summed E-state index contributed by atoms with van der Waals surface area (Å²) in [4.78, 5) is 30.7. The first-order valence-electron chi connectivity index (χ1n) is 7.96. The Hall–Kier alpha value is -1.56. The lowest BCUT2D eigenvalue weighted by Crippen LogP contribution is -2.52. The molecule has 1 N–H and O–H groups in total. The highest BCUT2D eigenvalue weighted by atomic mass is 32.2. The molecule has 1 aromatic heterocycles. The molecule has 0 aromatic carbocycles. The second-order valence-corrected chi connectivity index (χ2v) is 7.79. The van der Waals surface area contributed by atoms with Gasteiger partial charge in [-0.2, -0.15) is 0 Å². The third-order valence-electron chi connectivity index (χ3n) is 3.55. The van der Waals surface area contributed by atoms with Crippen LogP contribution in [0.1, 0.15) is 39.3 Å². The van der Waals surface area contributed by atoms with Crippen molar-refractivity contribution in [3.8, 4) is 0 Å². The summed E-state index contributed by atoms with van der Waals surface area (Å²) in [5.74, 6) is 1.28. The molecule has 2 heterocycles. The van der Waals surface area contributed by atoms with Gasteiger partial charge < -0.3 is 10.2 Å². The number of pyridine rings is 1. The summed E-state index contributed by atoms with van der Waals surface area (Å²) >= 11 is 1.63. The van der Waals surface area contributed by atoms with Crippen molar-refractivity contribution in [1.82, 2.24) is 15.2 Å². The second-order valence-electron chi connectivity index (χ2n) is 6.79. The molecule has 2 amide bonds. The van der Waals surface area contributed by atoms with E-state index in [1.54, 1.807) is 22.9 Å². The largest absolute Gasteiger partial charge is 0.350 e. The average molecular weight is 335 g/mol. The Morgan fingerprint density at radius 3 is 2.83 bits per heavy atom. The number of hydrogen-bond acceptors (Lipinski definition) is 4. The van der Waals surface area contributed by atoms with Crippen LogP contribution < -0.4 is 5.32 Å². The fourth-order valence-corrected chi connectivity index (χ4v) is 3.65. The Labute approximate surface area is 142 Å². The fourth-order valence-electron chi connectivity index (χ4n) is 2.47. The highest BCUT2D eigenvalue weighted by Crippen LogP contribution is 2.23. The molecule has 5 nitrogen and oxygen atoms in total. The van der Waals surface area contributed by atoms with E-state index in [2.05, 4.69) is 10.3 Å². The summed E-state index contributed by atoms with van der Waals surface area (Å²) in [6, 6.07) is 5.46. The first-order chi connectivity index (χ1) is 10.9. The number of aromatic nitrogens is 1. The van der Waals surface area contributed by atoms with Gasteiger partial charge in [-0.05, 0) is 45.7 Å². The number of carbonyl (C=O) groups is 2. The molecule has 1 atom stereocenters. The number of aryl methyl sites for hydroxylation is 1. The summed E-state index contributed by atoms with van der Waals surface area (Å²) < 4.78 is 0. The lowest BCUT2D eigenvalue weighted by molar-refractivity contribution is -0.138. The topological polar surface area (TPSA) is 62.3 Å². The maximum Gasteiger partial charge on any atom is 0.244 e. The smallest absolute Gasteiger partial charge is 0.244 e. The maximum atomic E-state index is 12.4. The van der Waals surface area contributed by atoms with Gasteiger partial charge in [0.25, 0.3) is 0 Å². The van der Waals surface area contributed by atoms with E-state index in [0.717, 1.165) is 18.5 Å². The summed E-state index contributed by atoms with van der Waals surface area (Å²) in [5.41, 5.74) is 0.719. The number of carbonyl (C=O) groups excluding carboxylic acids is 2. The van der Waals surface area contributed by atoms with Gasteiger partial charge in [0.15, 0.2) is 0 Å². The van der Waals surface area contributed by atoms with E-state index >= 15 is 0 Å². The van der Waals surface area contributed by atoms with Crippen LogP contribution in [0, 0.1) is 0 Å². The van der Waals surface area contributed by atoms with Crippen LogP contribution in [0.2, 0.25) is 0 Å². The summed E-state index contributed by atoms with van der Waals surface area (Å²) in [6.07, 6.45) is 3.76. The number of amides is 2. The molecular formula is C17H25N3O2S. The van der Waals surface area contributed by atoms with Gasteiger partial charge in [0.05, 0.1) is 5.88 Å². The van der Waals surface area contributed by atoms with E-state index in [4.69, 9.17) is 0 Å². The highest BCUT2D eigenvalue weighted by molar-refractivity contribution is 7.99. The second kappa shape index (κ2) is 7.81. The van der Waals surface area contributed by atoms with Gasteiger partial charge in [-0.15, -0.1) is 11.8 Å².